The third-order valence-corrected chi connectivity index (χ3v) is 6.72. The second-order valence-corrected chi connectivity index (χ2v) is 8.33. The molecular weight excluding hydrogens is 418 g/mol. The number of ether oxygens (including phenoxy) is 3. The normalized spacial score (nSPS) is 11.4. The Hall–Kier alpha value is -2.29. The standard InChI is InChI=1S/C20H24ClNO6S/c1-5-22(6-2)29(24,25)16-8-9-18(21)17(12-16)20(23)28-13-14-11-15(26-3)7-10-19(14)27-4/h7-12H,5-6,13H2,1-4H3. The van der Waals surface area contributed by atoms with E-state index in [-0.39, 0.29) is 22.1 Å². The molecule has 9 heteroatoms. The lowest BCUT2D eigenvalue weighted by atomic mass is 10.2. The minimum Gasteiger partial charge on any atom is -0.497 e. The van der Waals surface area contributed by atoms with Crippen molar-refractivity contribution < 1.29 is 27.4 Å². The van der Waals surface area contributed by atoms with E-state index in [1.165, 1.54) is 36.7 Å². The zero-order chi connectivity index (χ0) is 21.6. The van der Waals surface area contributed by atoms with Gasteiger partial charge in [0.1, 0.15) is 18.1 Å². The van der Waals surface area contributed by atoms with Crippen LogP contribution < -0.4 is 9.47 Å². The first-order valence-electron chi connectivity index (χ1n) is 8.96. The van der Waals surface area contributed by atoms with Crippen LogP contribution in [0.4, 0.5) is 0 Å². The van der Waals surface area contributed by atoms with E-state index in [0.717, 1.165) is 0 Å². The van der Waals surface area contributed by atoms with Crippen molar-refractivity contribution in [2.45, 2.75) is 25.3 Å². The predicted octanol–water partition coefficient (Wildman–Crippen LogP) is 3.74. The van der Waals surface area contributed by atoms with E-state index in [0.29, 0.717) is 30.2 Å². The molecular formula is C20H24ClNO6S. The zero-order valence-corrected chi connectivity index (χ0v) is 18.3. The van der Waals surface area contributed by atoms with Gasteiger partial charge in [0, 0.05) is 18.7 Å². The Morgan fingerprint density at radius 1 is 1.03 bits per heavy atom. The Labute approximate surface area is 176 Å². The molecule has 0 saturated heterocycles. The molecule has 0 bridgehead atoms. The van der Waals surface area contributed by atoms with Crippen molar-refractivity contribution in [1.29, 1.82) is 0 Å². The van der Waals surface area contributed by atoms with Crippen LogP contribution in [0, 0.1) is 0 Å². The van der Waals surface area contributed by atoms with E-state index in [4.69, 9.17) is 25.8 Å². The van der Waals surface area contributed by atoms with Crippen LogP contribution in [0.25, 0.3) is 0 Å². The predicted molar refractivity (Wildman–Crippen MR) is 110 cm³/mol. The zero-order valence-electron chi connectivity index (χ0n) is 16.8. The number of benzene rings is 2. The van der Waals surface area contributed by atoms with Gasteiger partial charge in [-0.2, -0.15) is 4.31 Å². The largest absolute Gasteiger partial charge is 0.497 e. The van der Waals surface area contributed by atoms with Crippen LogP contribution in [-0.4, -0.2) is 46.0 Å². The second-order valence-electron chi connectivity index (χ2n) is 5.98. The molecule has 0 aliphatic carbocycles. The fraction of sp³-hybridized carbons (Fsp3) is 0.350. The molecule has 2 rings (SSSR count). The van der Waals surface area contributed by atoms with Crippen molar-refractivity contribution in [1.82, 2.24) is 4.31 Å². The summed E-state index contributed by atoms with van der Waals surface area (Å²) < 4.78 is 42.5. The first-order chi connectivity index (χ1) is 13.8. The molecule has 2 aromatic carbocycles. The number of rotatable bonds is 9. The number of halogens is 1. The van der Waals surface area contributed by atoms with E-state index in [2.05, 4.69) is 0 Å². The molecule has 2 aromatic rings. The Morgan fingerprint density at radius 3 is 2.31 bits per heavy atom. The van der Waals surface area contributed by atoms with Gasteiger partial charge in [-0.1, -0.05) is 25.4 Å². The molecule has 0 saturated carbocycles. The molecule has 0 aromatic heterocycles. The highest BCUT2D eigenvalue weighted by Crippen LogP contribution is 2.27. The molecule has 0 fully saturated rings. The van der Waals surface area contributed by atoms with E-state index >= 15 is 0 Å². The smallest absolute Gasteiger partial charge is 0.340 e. The Bertz CT molecular complexity index is 973. The van der Waals surface area contributed by atoms with Crippen molar-refractivity contribution in [2.24, 2.45) is 0 Å². The SMILES string of the molecule is CCN(CC)S(=O)(=O)c1ccc(Cl)c(C(=O)OCc2cc(OC)ccc2OC)c1. The van der Waals surface area contributed by atoms with Gasteiger partial charge >= 0.3 is 5.97 Å². The van der Waals surface area contributed by atoms with Gasteiger partial charge in [-0.15, -0.1) is 0 Å². The monoisotopic (exact) mass is 441 g/mol. The highest BCUT2D eigenvalue weighted by molar-refractivity contribution is 7.89. The molecule has 7 nitrogen and oxygen atoms in total. The summed E-state index contributed by atoms with van der Waals surface area (Å²) in [5.41, 5.74) is 0.574. The number of carbonyl (C=O) groups is 1. The summed E-state index contributed by atoms with van der Waals surface area (Å²) in [4.78, 5) is 12.6. The maximum atomic E-state index is 12.7. The van der Waals surface area contributed by atoms with Crippen LogP contribution in [0.2, 0.25) is 5.02 Å². The molecule has 0 radical (unpaired) electrons. The minimum atomic E-state index is -3.73. The van der Waals surface area contributed by atoms with Crippen LogP contribution in [-0.2, 0) is 21.4 Å². The fourth-order valence-electron chi connectivity index (χ4n) is 2.75. The number of hydrogen-bond donors (Lipinski definition) is 0. The fourth-order valence-corrected chi connectivity index (χ4v) is 4.43. The molecule has 158 valence electrons. The molecule has 29 heavy (non-hydrogen) atoms. The quantitative estimate of drug-likeness (QED) is 0.551. The van der Waals surface area contributed by atoms with E-state index in [1.807, 2.05) is 0 Å². The van der Waals surface area contributed by atoms with Crippen molar-refractivity contribution in [3.63, 3.8) is 0 Å². The van der Waals surface area contributed by atoms with Crippen molar-refractivity contribution >= 4 is 27.6 Å². The van der Waals surface area contributed by atoms with Crippen LogP contribution in [0.5, 0.6) is 11.5 Å². The Kier molecular flexibility index (Phi) is 7.89. The van der Waals surface area contributed by atoms with Crippen molar-refractivity contribution in [3.05, 3.63) is 52.5 Å². The minimum absolute atomic E-state index is 0.0171. The summed E-state index contributed by atoms with van der Waals surface area (Å²) in [7, 11) is -0.698. The highest BCUT2D eigenvalue weighted by atomic mass is 35.5. The van der Waals surface area contributed by atoms with Crippen LogP contribution >= 0.6 is 11.6 Å². The van der Waals surface area contributed by atoms with Gasteiger partial charge in [-0.3, -0.25) is 0 Å². The third-order valence-electron chi connectivity index (χ3n) is 4.35. The number of sulfonamides is 1. The van der Waals surface area contributed by atoms with E-state index in [1.54, 1.807) is 32.0 Å². The maximum absolute atomic E-state index is 12.7. The highest BCUT2D eigenvalue weighted by Gasteiger charge is 2.24. The molecule has 0 heterocycles. The van der Waals surface area contributed by atoms with Gasteiger partial charge < -0.3 is 14.2 Å². The summed E-state index contributed by atoms with van der Waals surface area (Å²) in [6.07, 6.45) is 0. The van der Waals surface area contributed by atoms with E-state index < -0.39 is 16.0 Å². The summed E-state index contributed by atoms with van der Waals surface area (Å²) in [6.45, 7) is 4.03. The van der Waals surface area contributed by atoms with Crippen LogP contribution in [0.1, 0.15) is 29.8 Å². The molecule has 0 amide bonds. The van der Waals surface area contributed by atoms with Gasteiger partial charge in [0.2, 0.25) is 10.0 Å². The summed E-state index contributed by atoms with van der Waals surface area (Å²) in [6, 6.07) is 9.10. The number of methoxy groups -OCH3 is 2. The van der Waals surface area contributed by atoms with Gasteiger partial charge in [0.05, 0.1) is 29.7 Å². The molecule has 0 unspecified atom stereocenters. The average Bonchev–Trinajstić information content (AvgIpc) is 2.72. The van der Waals surface area contributed by atoms with Crippen molar-refractivity contribution in [2.75, 3.05) is 27.3 Å². The lowest BCUT2D eigenvalue weighted by molar-refractivity contribution is 0.0469. The average molecular weight is 442 g/mol. The van der Waals surface area contributed by atoms with Gasteiger partial charge in [-0.25, -0.2) is 13.2 Å². The molecule has 0 aliphatic rings. The Morgan fingerprint density at radius 2 is 1.72 bits per heavy atom. The first-order valence-corrected chi connectivity index (χ1v) is 10.8. The lowest BCUT2D eigenvalue weighted by Gasteiger charge is -2.19. The van der Waals surface area contributed by atoms with Crippen molar-refractivity contribution in [3.8, 4) is 11.5 Å². The van der Waals surface area contributed by atoms with Gasteiger partial charge in [-0.05, 0) is 36.4 Å². The first kappa shape index (κ1) is 23.0. The number of hydrogen-bond acceptors (Lipinski definition) is 6. The van der Waals surface area contributed by atoms with Crippen LogP contribution in [0.3, 0.4) is 0 Å². The topological polar surface area (TPSA) is 82.1 Å². The summed E-state index contributed by atoms with van der Waals surface area (Å²) in [5, 5.41) is 0.103. The molecule has 0 N–H and O–H groups in total. The number of esters is 1. The molecule has 0 aliphatic heterocycles. The molecule has 0 spiro atoms. The van der Waals surface area contributed by atoms with Gasteiger partial charge in [0.15, 0.2) is 0 Å². The maximum Gasteiger partial charge on any atom is 0.340 e. The molecule has 0 atom stereocenters. The summed E-state index contributed by atoms with van der Waals surface area (Å²) >= 11 is 6.12. The third kappa shape index (κ3) is 5.20. The lowest BCUT2D eigenvalue weighted by Crippen LogP contribution is -2.30. The number of carbonyl (C=O) groups excluding carboxylic acids is 1. The summed E-state index contributed by atoms with van der Waals surface area (Å²) in [5.74, 6) is 0.376. The van der Waals surface area contributed by atoms with E-state index in [9.17, 15) is 13.2 Å². The Balaban J connectivity index is 2.28. The number of nitrogens with zero attached hydrogens (tertiary/aromatic N) is 1. The van der Waals surface area contributed by atoms with Crippen LogP contribution in [0.15, 0.2) is 41.3 Å². The second kappa shape index (κ2) is 9.96. The van der Waals surface area contributed by atoms with Gasteiger partial charge in [0.25, 0.3) is 0 Å².